The second-order valence-electron chi connectivity index (χ2n) is 35.7. The summed E-state index contributed by atoms with van der Waals surface area (Å²) < 4.78 is 247. The van der Waals surface area contributed by atoms with Crippen LogP contribution in [-0.4, -0.2) is 196 Å². The number of hydrogen-bond donors (Lipinski definition) is 3. The van der Waals surface area contributed by atoms with E-state index in [1.165, 1.54) is 24.7 Å². The lowest BCUT2D eigenvalue weighted by Crippen LogP contribution is -2.53. The highest BCUT2D eigenvalue weighted by Crippen LogP contribution is 2.45. The van der Waals surface area contributed by atoms with Crippen LogP contribution in [0.15, 0.2) is 93.2 Å². The van der Waals surface area contributed by atoms with Crippen molar-refractivity contribution in [1.82, 2.24) is 34.6 Å². The molecule has 3 amide bonds. The van der Waals surface area contributed by atoms with E-state index < -0.39 is 155 Å². The van der Waals surface area contributed by atoms with Crippen molar-refractivity contribution in [3.8, 4) is 50.8 Å². The number of methoxy groups -OCH3 is 3. The number of fused-ring (bicyclic) bond motifs is 3. The van der Waals surface area contributed by atoms with Gasteiger partial charge in [0.25, 0.3) is 34.4 Å². The highest BCUT2D eigenvalue weighted by Gasteiger charge is 2.49. The van der Waals surface area contributed by atoms with E-state index in [0.29, 0.717) is 180 Å². The lowest BCUT2D eigenvalue weighted by atomic mass is 9.88. The van der Waals surface area contributed by atoms with Gasteiger partial charge in [-0.25, -0.2) is 41.3 Å². The average molecular weight is 2000 g/mol. The van der Waals surface area contributed by atoms with Crippen LogP contribution >= 0.6 is 0 Å². The number of carbonyl (C=O) groups excluding carboxylic acids is 6. The molecule has 0 spiro atoms. The normalized spacial score (nSPS) is 17.0. The lowest BCUT2D eigenvalue weighted by Gasteiger charge is -2.38. The van der Waals surface area contributed by atoms with Gasteiger partial charge in [0.1, 0.15) is 99.4 Å². The fraction of sp³-hybridized carbons (Fsp3) is 0.446. The number of ether oxygens (including phenoxy) is 8. The monoisotopic (exact) mass is 2000 g/mol. The third-order valence-electron chi connectivity index (χ3n) is 27.2. The second kappa shape index (κ2) is 43.6. The van der Waals surface area contributed by atoms with Crippen LogP contribution in [0.3, 0.4) is 0 Å². The highest BCUT2D eigenvalue weighted by atomic mass is 19.4. The molecule has 9 heterocycles. The molecule has 142 heavy (non-hydrogen) atoms. The van der Waals surface area contributed by atoms with Crippen LogP contribution in [0, 0.1) is 84.5 Å². The molecule has 3 N–H and O–H groups in total. The first-order valence-electron chi connectivity index (χ1n) is 45.9. The Kier molecular flexibility index (Phi) is 32.6. The summed E-state index contributed by atoms with van der Waals surface area (Å²) in [4.78, 5) is 125. The Bertz CT molecular complexity index is 6270. The smallest absolute Gasteiger partial charge is 0.411 e. The maximum Gasteiger partial charge on any atom is 0.411 e. The fourth-order valence-corrected chi connectivity index (χ4v) is 18.8. The van der Waals surface area contributed by atoms with Gasteiger partial charge >= 0.3 is 36.4 Å². The summed E-state index contributed by atoms with van der Waals surface area (Å²) in [6.45, 7) is 13.9. The van der Waals surface area contributed by atoms with E-state index in [1.54, 1.807) is 80.5 Å². The summed E-state index contributed by atoms with van der Waals surface area (Å²) in [5, 5.41) is 7.24. The lowest BCUT2D eigenvalue weighted by molar-refractivity contribution is -0.167. The summed E-state index contributed by atoms with van der Waals surface area (Å²) in [5.74, 6) is -11.2. The molecule has 6 aromatic carbocycles. The van der Waals surface area contributed by atoms with Gasteiger partial charge in [0.2, 0.25) is 0 Å². The van der Waals surface area contributed by atoms with Crippen molar-refractivity contribution in [3.05, 3.63) is 234 Å². The molecule has 41 heteroatoms. The van der Waals surface area contributed by atoms with Crippen LogP contribution in [-0.2, 0) is 97.7 Å². The largest absolute Gasteiger partial charge is 0.493 e. The topological polar surface area (TPSA) is 301 Å². The standard InChI is InChI=1S/C34H36F5N3O6.C34H37F4N3O6.C33H35F5N4O5/c1-17-18(2)28(32(44)41(4)19(17)3)23-9-8-20(22-7-6-11-48-30(22)23)13-26(33(45)46-5)40-31(43)29-24(35)14-21(15-25(29)36)42-10-12-47-16-27(42)34(37,38)39;1-18-14-25(32(43)40(4)20(18)3)24-9-8-21(23-7-6-11-47-30(23)24)15-27(33(44)45-5)39-31(42)29-19(2)13-22(16-26(29)35)41-10-12-46-17-28(41)34(36,37)38;1-17-18(2)41(3)31(44)28(39-17)22-11-10-19(21-8-7-13-47-29(21)22)14-25(32(45)46-4)40-30(43)27-23(34)15-20(16-24(27)35)42-12-6-5-9-26(42)33(36,37)38/h8-9,14-15,26-27H,6-7,10-13,16H2,1-5H3,(H,40,43);8-9,13-14,16,27-28H,6-7,10-12,15,17H2,1-5H3,(H,39,42);10-11,15-16,25-26H,5-9,12-14H2,1-4H3,(H,40,43)/t26-,27+;27-,28+;25-,26+/m000/s1. The number of pyridine rings is 2. The van der Waals surface area contributed by atoms with Crippen molar-refractivity contribution in [2.45, 2.75) is 187 Å². The number of nitrogens with one attached hydrogen (secondary N) is 3. The highest BCUT2D eigenvalue weighted by molar-refractivity contribution is 6.00. The molecule has 0 unspecified atom stereocenters. The predicted octanol–water partition coefficient (Wildman–Crippen LogP) is 14.7. The molecule has 0 radical (unpaired) electrons. The van der Waals surface area contributed by atoms with E-state index in [-0.39, 0.29) is 97.8 Å². The number of anilines is 3. The van der Waals surface area contributed by atoms with Gasteiger partial charge in [0.15, 0.2) is 0 Å². The molecule has 3 saturated heterocycles. The Morgan fingerprint density at radius 1 is 0.408 bits per heavy atom. The second-order valence-corrected chi connectivity index (χ2v) is 35.7. The minimum Gasteiger partial charge on any atom is -0.493 e. The summed E-state index contributed by atoms with van der Waals surface area (Å²) in [7, 11) is 8.40. The molecular formula is C101H108F14N10O17. The number of nitrogens with zero attached hydrogens (tertiary/aromatic N) is 7. The van der Waals surface area contributed by atoms with Crippen molar-refractivity contribution in [1.29, 1.82) is 0 Å². The van der Waals surface area contributed by atoms with Crippen molar-refractivity contribution in [3.63, 3.8) is 0 Å². The number of esters is 3. The first-order chi connectivity index (χ1) is 67.1. The Morgan fingerprint density at radius 3 is 1.20 bits per heavy atom. The van der Waals surface area contributed by atoms with Gasteiger partial charge in [0.05, 0.1) is 90.0 Å². The maximum atomic E-state index is 15.5. The summed E-state index contributed by atoms with van der Waals surface area (Å²) in [6, 6.07) is 7.00. The fourth-order valence-electron chi connectivity index (χ4n) is 18.8. The quantitative estimate of drug-likeness (QED) is 0.0342. The van der Waals surface area contributed by atoms with Gasteiger partial charge in [-0.05, 0) is 217 Å². The molecule has 3 aromatic heterocycles. The van der Waals surface area contributed by atoms with Gasteiger partial charge in [-0.2, -0.15) is 39.5 Å². The molecule has 27 nitrogen and oxygen atoms in total. The Hall–Kier alpha value is -13.3. The van der Waals surface area contributed by atoms with E-state index in [1.807, 2.05) is 40.7 Å². The number of halogens is 14. The molecule has 6 aliphatic rings. The molecule has 762 valence electrons. The van der Waals surface area contributed by atoms with E-state index >= 15 is 22.0 Å². The zero-order chi connectivity index (χ0) is 103. The number of aryl methyl sites for hydroxylation is 3. The Labute approximate surface area is 807 Å². The molecule has 15 rings (SSSR count). The zero-order valence-corrected chi connectivity index (χ0v) is 80.4. The van der Waals surface area contributed by atoms with Crippen molar-refractivity contribution in [2.24, 2.45) is 21.1 Å². The maximum absolute atomic E-state index is 15.5. The van der Waals surface area contributed by atoms with E-state index in [4.69, 9.17) is 37.9 Å². The molecule has 0 saturated carbocycles. The van der Waals surface area contributed by atoms with Gasteiger partial charge < -0.3 is 82.2 Å². The van der Waals surface area contributed by atoms with E-state index in [0.717, 1.165) is 68.6 Å². The van der Waals surface area contributed by atoms with Crippen molar-refractivity contribution >= 4 is 52.7 Å². The van der Waals surface area contributed by atoms with Crippen LogP contribution in [0.2, 0.25) is 0 Å². The molecule has 9 aromatic rings. The molecular weight excluding hydrogens is 1890 g/mol. The number of hydrogen-bond acceptors (Lipinski definition) is 21. The molecule has 6 atom stereocenters. The van der Waals surface area contributed by atoms with E-state index in [9.17, 15) is 82.7 Å². The summed E-state index contributed by atoms with van der Waals surface area (Å²) >= 11 is 0. The van der Waals surface area contributed by atoms with Gasteiger partial charge in [-0.15, -0.1) is 0 Å². The number of carbonyl (C=O) groups is 6. The van der Waals surface area contributed by atoms with Crippen molar-refractivity contribution in [2.75, 3.05) is 102 Å². The first kappa shape index (κ1) is 106. The van der Waals surface area contributed by atoms with Crippen LogP contribution in [0.4, 0.5) is 78.5 Å². The molecule has 6 aliphatic heterocycles. The van der Waals surface area contributed by atoms with Crippen LogP contribution in [0.5, 0.6) is 17.2 Å². The Morgan fingerprint density at radius 2 is 0.782 bits per heavy atom. The summed E-state index contributed by atoms with van der Waals surface area (Å²) in [6.07, 6.45) is -10.1. The number of amides is 3. The number of alkyl halides is 9. The minimum atomic E-state index is -4.73. The van der Waals surface area contributed by atoms with Gasteiger partial charge in [-0.1, -0.05) is 30.3 Å². The first-order valence-corrected chi connectivity index (χ1v) is 45.9. The number of benzene rings is 6. The minimum absolute atomic E-state index is 0.0187. The van der Waals surface area contributed by atoms with Gasteiger partial charge in [-0.3, -0.25) is 28.8 Å². The molecule has 0 aliphatic carbocycles. The number of rotatable bonds is 21. The third kappa shape index (κ3) is 22.3. The van der Waals surface area contributed by atoms with Crippen LogP contribution in [0.1, 0.15) is 148 Å². The van der Waals surface area contributed by atoms with Crippen molar-refractivity contribution < 1.29 is 128 Å². The zero-order valence-electron chi connectivity index (χ0n) is 80.4. The van der Waals surface area contributed by atoms with Crippen LogP contribution < -0.4 is 61.5 Å². The average Bonchev–Trinajstić information content (AvgIpc) is 0.756. The SMILES string of the molecule is COC(=O)[C@H](Cc1ccc(-c2c(C)c(C)c(C)n(C)c2=O)c2c1CCCO2)NC(=O)c1c(F)cc(N2CCOC[C@@H]2C(F)(F)F)cc1F.COC(=O)[C@H](Cc1ccc(-c2cc(C)c(C)n(C)c2=O)c2c1CCCO2)NC(=O)c1c(C)cc(N2CCOC[C@@H]2C(F)(F)F)cc1F.COC(=O)[C@H](Cc1ccc(-c2nc(C)c(C)n(C)c2=O)c2c1CCCO2)NC(=O)c1c(F)cc(N2CCCC[C@@H]2C(F)(F)F)cc1F. The molecule has 3 fully saturated rings. The summed E-state index contributed by atoms with van der Waals surface area (Å²) in [5.41, 5.74) is 8.72. The van der Waals surface area contributed by atoms with Crippen LogP contribution in [0.25, 0.3) is 33.5 Å². The van der Waals surface area contributed by atoms with E-state index in [2.05, 4.69) is 20.9 Å². The number of aromatic nitrogens is 4. The third-order valence-corrected chi connectivity index (χ3v) is 27.2. The predicted molar refractivity (Wildman–Crippen MR) is 496 cm³/mol. The number of piperidine rings is 1. The molecule has 0 bridgehead atoms. The Balaban J connectivity index is 0.000000179. The van der Waals surface area contributed by atoms with Gasteiger partial charge in [0, 0.05) is 111 Å². The number of morpholine rings is 2.